The molecule has 1 N–H and O–H groups in total. The molecule has 1 aliphatic heterocycles. The minimum Gasteiger partial charge on any atom is -0.483 e. The summed E-state index contributed by atoms with van der Waals surface area (Å²) in [7, 11) is 0. The molecule has 26 heavy (non-hydrogen) atoms. The molecule has 0 aliphatic carbocycles. The highest BCUT2D eigenvalue weighted by Gasteiger charge is 2.23. The van der Waals surface area contributed by atoms with Gasteiger partial charge < -0.3 is 10.1 Å². The zero-order valence-electron chi connectivity index (χ0n) is 15.5. The molecule has 4 nitrogen and oxygen atoms in total. The van der Waals surface area contributed by atoms with Crippen molar-refractivity contribution >= 4 is 5.91 Å². The van der Waals surface area contributed by atoms with Crippen LogP contribution in [0.4, 0.5) is 0 Å². The van der Waals surface area contributed by atoms with E-state index in [0.717, 1.165) is 37.2 Å². The van der Waals surface area contributed by atoms with Crippen molar-refractivity contribution in [2.75, 3.05) is 26.2 Å². The second-order valence-electron chi connectivity index (χ2n) is 6.79. The second-order valence-corrected chi connectivity index (χ2v) is 6.79. The van der Waals surface area contributed by atoms with Crippen LogP contribution in [0.2, 0.25) is 0 Å². The molecule has 0 bridgehead atoms. The predicted molar refractivity (Wildman–Crippen MR) is 104 cm³/mol. The van der Waals surface area contributed by atoms with Gasteiger partial charge in [-0.15, -0.1) is 0 Å². The molecule has 1 unspecified atom stereocenters. The summed E-state index contributed by atoms with van der Waals surface area (Å²) in [4.78, 5) is 14.6. The van der Waals surface area contributed by atoms with Crippen molar-refractivity contribution in [1.82, 2.24) is 10.2 Å². The van der Waals surface area contributed by atoms with Gasteiger partial charge in [-0.3, -0.25) is 9.69 Å². The number of amides is 1. The van der Waals surface area contributed by atoms with Crippen LogP contribution < -0.4 is 10.1 Å². The molecule has 0 radical (unpaired) electrons. The van der Waals surface area contributed by atoms with Gasteiger partial charge in [0.1, 0.15) is 5.75 Å². The maximum atomic E-state index is 12.2. The Hall–Kier alpha value is -2.33. The Bertz CT molecular complexity index is 702. The van der Waals surface area contributed by atoms with Crippen molar-refractivity contribution in [3.63, 3.8) is 0 Å². The maximum absolute atomic E-state index is 12.2. The normalized spacial score (nSPS) is 17.2. The number of ether oxygens (including phenoxy) is 1. The summed E-state index contributed by atoms with van der Waals surface area (Å²) >= 11 is 0. The van der Waals surface area contributed by atoms with E-state index in [0.29, 0.717) is 12.6 Å². The van der Waals surface area contributed by atoms with E-state index in [1.165, 1.54) is 12.0 Å². The fourth-order valence-corrected chi connectivity index (χ4v) is 3.58. The number of nitrogens with zero attached hydrogens (tertiary/aromatic N) is 1. The molecule has 2 aromatic rings. The zero-order chi connectivity index (χ0) is 18.2. The van der Waals surface area contributed by atoms with Gasteiger partial charge >= 0.3 is 0 Å². The van der Waals surface area contributed by atoms with Gasteiger partial charge in [0.2, 0.25) is 0 Å². The smallest absolute Gasteiger partial charge is 0.257 e. The number of hydrogen-bond donors (Lipinski definition) is 1. The summed E-state index contributed by atoms with van der Waals surface area (Å²) in [6.45, 7) is 5.13. The molecule has 1 heterocycles. The number of likely N-dealkylation sites (N-methyl/N-ethyl adjacent to an activating group) is 1. The third-order valence-corrected chi connectivity index (χ3v) is 5.01. The van der Waals surface area contributed by atoms with Crippen LogP contribution in [0.1, 0.15) is 30.9 Å². The first-order valence-electron chi connectivity index (χ1n) is 9.51. The van der Waals surface area contributed by atoms with E-state index in [-0.39, 0.29) is 12.5 Å². The van der Waals surface area contributed by atoms with Crippen molar-refractivity contribution in [2.24, 2.45) is 0 Å². The number of carbonyl (C=O) groups is 1. The van der Waals surface area contributed by atoms with Gasteiger partial charge in [-0.25, -0.2) is 0 Å². The monoisotopic (exact) mass is 352 g/mol. The summed E-state index contributed by atoms with van der Waals surface area (Å²) in [5.41, 5.74) is 2.33. The van der Waals surface area contributed by atoms with Gasteiger partial charge in [0.05, 0.1) is 0 Å². The quantitative estimate of drug-likeness (QED) is 0.793. The van der Waals surface area contributed by atoms with Crippen LogP contribution in [0, 0.1) is 0 Å². The Balaban J connectivity index is 1.50. The fraction of sp³-hybridized carbons (Fsp3) is 0.409. The Labute approximate surface area is 156 Å². The number of hydrogen-bond acceptors (Lipinski definition) is 3. The van der Waals surface area contributed by atoms with E-state index in [2.05, 4.69) is 35.3 Å². The number of benzene rings is 2. The SMILES string of the molecule is CCN1CCCC1CNC(=O)COc1ccccc1Cc1ccccc1. The Morgan fingerprint density at radius 1 is 1.15 bits per heavy atom. The molecule has 1 aliphatic rings. The van der Waals surface area contributed by atoms with Gasteiger partial charge in [-0.1, -0.05) is 55.5 Å². The lowest BCUT2D eigenvalue weighted by Gasteiger charge is -2.22. The van der Waals surface area contributed by atoms with Crippen LogP contribution in [0.15, 0.2) is 54.6 Å². The van der Waals surface area contributed by atoms with Crippen molar-refractivity contribution in [1.29, 1.82) is 0 Å². The van der Waals surface area contributed by atoms with E-state index < -0.39 is 0 Å². The zero-order valence-corrected chi connectivity index (χ0v) is 15.5. The van der Waals surface area contributed by atoms with Gasteiger partial charge in [-0.2, -0.15) is 0 Å². The minimum absolute atomic E-state index is 0.0533. The molecule has 1 fully saturated rings. The first-order chi connectivity index (χ1) is 12.8. The maximum Gasteiger partial charge on any atom is 0.257 e. The molecule has 138 valence electrons. The van der Waals surface area contributed by atoms with Gasteiger partial charge in [0.25, 0.3) is 5.91 Å². The molecular formula is C22H28N2O2. The summed E-state index contributed by atoms with van der Waals surface area (Å²) in [6.07, 6.45) is 3.18. The van der Waals surface area contributed by atoms with E-state index in [1.54, 1.807) is 0 Å². The van der Waals surface area contributed by atoms with E-state index in [9.17, 15) is 4.79 Å². The first kappa shape index (κ1) is 18.5. The molecule has 0 saturated carbocycles. The molecule has 2 aromatic carbocycles. The lowest BCUT2D eigenvalue weighted by molar-refractivity contribution is -0.123. The first-order valence-corrected chi connectivity index (χ1v) is 9.51. The minimum atomic E-state index is -0.0533. The molecule has 4 heteroatoms. The third-order valence-electron chi connectivity index (χ3n) is 5.01. The number of para-hydroxylation sites is 1. The Morgan fingerprint density at radius 2 is 1.92 bits per heavy atom. The van der Waals surface area contributed by atoms with Crippen molar-refractivity contribution in [2.45, 2.75) is 32.2 Å². The predicted octanol–water partition coefficient (Wildman–Crippen LogP) is 3.26. The van der Waals surface area contributed by atoms with E-state index in [1.807, 2.05) is 36.4 Å². The lowest BCUT2D eigenvalue weighted by Crippen LogP contribution is -2.41. The van der Waals surface area contributed by atoms with Gasteiger partial charge in [0, 0.05) is 19.0 Å². The third kappa shape index (κ3) is 5.09. The van der Waals surface area contributed by atoms with E-state index in [4.69, 9.17) is 4.74 Å². The number of nitrogens with one attached hydrogen (secondary N) is 1. The van der Waals surface area contributed by atoms with Crippen LogP contribution in [0.5, 0.6) is 5.75 Å². The fourth-order valence-electron chi connectivity index (χ4n) is 3.58. The summed E-state index contributed by atoms with van der Waals surface area (Å²) in [6, 6.07) is 18.7. The highest BCUT2D eigenvalue weighted by atomic mass is 16.5. The van der Waals surface area contributed by atoms with Crippen LogP contribution in [-0.2, 0) is 11.2 Å². The topological polar surface area (TPSA) is 41.6 Å². The molecule has 1 atom stereocenters. The lowest BCUT2D eigenvalue weighted by atomic mass is 10.0. The number of rotatable bonds is 8. The van der Waals surface area contributed by atoms with Crippen LogP contribution in [0.3, 0.4) is 0 Å². The van der Waals surface area contributed by atoms with Crippen LogP contribution in [-0.4, -0.2) is 43.1 Å². The standard InChI is InChI=1S/C22H28N2O2/c1-2-24-14-8-12-20(24)16-23-22(25)17-26-21-13-7-6-11-19(21)15-18-9-4-3-5-10-18/h3-7,9-11,13,20H,2,8,12,14-17H2,1H3,(H,23,25). The molecule has 0 aromatic heterocycles. The van der Waals surface area contributed by atoms with Gasteiger partial charge in [0.15, 0.2) is 6.61 Å². The molecule has 1 saturated heterocycles. The van der Waals surface area contributed by atoms with Crippen LogP contribution in [0.25, 0.3) is 0 Å². The molecule has 1 amide bonds. The molecule has 0 spiro atoms. The largest absolute Gasteiger partial charge is 0.483 e. The average molecular weight is 352 g/mol. The Kier molecular flexibility index (Phi) is 6.67. The average Bonchev–Trinajstić information content (AvgIpc) is 3.14. The highest BCUT2D eigenvalue weighted by molar-refractivity contribution is 5.77. The van der Waals surface area contributed by atoms with Crippen molar-refractivity contribution in [3.05, 3.63) is 65.7 Å². The van der Waals surface area contributed by atoms with Gasteiger partial charge in [-0.05, 0) is 43.1 Å². The Morgan fingerprint density at radius 3 is 2.73 bits per heavy atom. The summed E-state index contributed by atoms with van der Waals surface area (Å²) < 4.78 is 5.81. The van der Waals surface area contributed by atoms with E-state index >= 15 is 0 Å². The second kappa shape index (κ2) is 9.39. The van der Waals surface area contributed by atoms with Crippen LogP contribution >= 0.6 is 0 Å². The molecule has 3 rings (SSSR count). The van der Waals surface area contributed by atoms with Crippen molar-refractivity contribution in [3.8, 4) is 5.75 Å². The number of likely N-dealkylation sites (tertiary alicyclic amines) is 1. The summed E-state index contributed by atoms with van der Waals surface area (Å²) in [5, 5.41) is 3.02. The number of carbonyl (C=O) groups excluding carboxylic acids is 1. The molecular weight excluding hydrogens is 324 g/mol. The van der Waals surface area contributed by atoms with Crippen molar-refractivity contribution < 1.29 is 9.53 Å². The summed E-state index contributed by atoms with van der Waals surface area (Å²) in [5.74, 6) is 0.727. The highest BCUT2D eigenvalue weighted by Crippen LogP contribution is 2.21.